The molecule has 1 nitrogen and oxygen atoms in total. The van der Waals surface area contributed by atoms with Gasteiger partial charge in [-0.15, -0.1) is 0 Å². The van der Waals surface area contributed by atoms with Crippen LogP contribution in [0.2, 0.25) is 0 Å². The third kappa shape index (κ3) is 7.76. The van der Waals surface area contributed by atoms with Gasteiger partial charge in [0.1, 0.15) is 40.4 Å². The maximum Gasteiger partial charge on any atom is 0.429 e. The molecule has 0 radical (unpaired) electrons. The lowest BCUT2D eigenvalue weighted by atomic mass is 9.88. The summed E-state index contributed by atoms with van der Waals surface area (Å²) >= 11 is 0. The quantitative estimate of drug-likeness (QED) is 0.161. The van der Waals surface area contributed by atoms with Gasteiger partial charge in [0.15, 0.2) is 0 Å². The molecule has 2 unspecified atom stereocenters. The molecule has 2 aromatic carbocycles. The lowest BCUT2D eigenvalue weighted by molar-refractivity contribution is -0.223. The molecule has 0 fully saturated rings. The highest BCUT2D eigenvalue weighted by Gasteiger charge is 2.40. The van der Waals surface area contributed by atoms with Crippen LogP contribution in [0.15, 0.2) is 77.6 Å². The van der Waals surface area contributed by atoms with Crippen molar-refractivity contribution in [1.29, 1.82) is 0 Å². The lowest BCUT2D eigenvalue weighted by Crippen LogP contribution is -2.20. The summed E-state index contributed by atoms with van der Waals surface area (Å²) in [5.74, 6) is -4.53. The molecule has 0 heterocycles. The summed E-state index contributed by atoms with van der Waals surface area (Å²) < 4.78 is 144. The first-order chi connectivity index (χ1) is 20.7. The zero-order valence-electron chi connectivity index (χ0n) is 23.3. The minimum atomic E-state index is -5.26. The van der Waals surface area contributed by atoms with E-state index in [2.05, 4.69) is 16.6 Å². The van der Waals surface area contributed by atoms with Crippen LogP contribution >= 0.6 is 0 Å². The largest absolute Gasteiger partial charge is 0.429 e. The van der Waals surface area contributed by atoms with Gasteiger partial charge >= 0.3 is 12.3 Å². The van der Waals surface area contributed by atoms with Gasteiger partial charge in [-0.2, -0.15) is 22.0 Å². The minimum absolute atomic E-state index is 0.0746. The van der Waals surface area contributed by atoms with E-state index in [-0.39, 0.29) is 24.0 Å². The molecule has 2 aliphatic rings. The first kappa shape index (κ1) is 33.0. The molecule has 0 amide bonds. The van der Waals surface area contributed by atoms with E-state index in [0.29, 0.717) is 30.2 Å². The molecule has 2 atom stereocenters. The molecule has 44 heavy (non-hydrogen) atoms. The molecular weight excluding hydrogens is 602 g/mol. The zero-order chi connectivity index (χ0) is 32.2. The number of alkyl halides is 5. The summed E-state index contributed by atoms with van der Waals surface area (Å²) in [5, 5.41) is 0. The average molecular weight is 629 g/mol. The second-order valence-corrected chi connectivity index (χ2v) is 10.4. The fourth-order valence-electron chi connectivity index (χ4n) is 4.86. The van der Waals surface area contributed by atoms with Gasteiger partial charge in [-0.25, -0.2) is 22.0 Å². The Morgan fingerprint density at radius 2 is 1.52 bits per heavy atom. The number of allylic oxidation sites excluding steroid dienone is 7. The van der Waals surface area contributed by atoms with Crippen LogP contribution < -0.4 is 0 Å². The SMILES string of the molecule is CCCCCc1ccc(C(F)(F)OC2=CCC(C#CC3=CCC(c4cc(F)c(C(F)(F)F)c(F)c4)C(F)=C3)C(F)=C2)c(F)c1. The second kappa shape index (κ2) is 13.4. The highest BCUT2D eigenvalue weighted by Crippen LogP contribution is 2.40. The van der Waals surface area contributed by atoms with E-state index in [1.54, 1.807) is 0 Å². The zero-order valence-corrected chi connectivity index (χ0v) is 23.3. The van der Waals surface area contributed by atoms with E-state index in [0.717, 1.165) is 43.5 Å². The number of ether oxygens (including phenoxy) is 1. The summed E-state index contributed by atoms with van der Waals surface area (Å²) in [7, 11) is 0. The average Bonchev–Trinajstić information content (AvgIpc) is 2.91. The van der Waals surface area contributed by atoms with Crippen molar-refractivity contribution in [3.05, 3.63) is 117 Å². The Hall–Kier alpha value is -3.94. The Morgan fingerprint density at radius 1 is 0.818 bits per heavy atom. The second-order valence-electron chi connectivity index (χ2n) is 10.4. The van der Waals surface area contributed by atoms with Gasteiger partial charge in [0.2, 0.25) is 0 Å². The summed E-state index contributed by atoms with van der Waals surface area (Å²) in [5.41, 5.74) is -2.77. The Labute approximate surface area is 247 Å². The third-order valence-electron chi connectivity index (χ3n) is 7.17. The van der Waals surface area contributed by atoms with Crippen LogP contribution in [0.3, 0.4) is 0 Å². The molecule has 0 saturated carbocycles. The molecule has 2 aromatic rings. The Kier molecular flexibility index (Phi) is 10.0. The summed E-state index contributed by atoms with van der Waals surface area (Å²) in [4.78, 5) is 0. The monoisotopic (exact) mass is 628 g/mol. The first-order valence-electron chi connectivity index (χ1n) is 13.8. The topological polar surface area (TPSA) is 9.23 Å². The van der Waals surface area contributed by atoms with Crippen molar-refractivity contribution in [2.75, 3.05) is 0 Å². The Morgan fingerprint density at radius 3 is 2.11 bits per heavy atom. The summed E-state index contributed by atoms with van der Waals surface area (Å²) in [6, 6.07) is 4.20. The number of aryl methyl sites for hydroxylation is 1. The number of hydrogen-bond acceptors (Lipinski definition) is 1. The van der Waals surface area contributed by atoms with Crippen molar-refractivity contribution in [3.8, 4) is 11.8 Å². The van der Waals surface area contributed by atoms with Gasteiger partial charge in [-0.1, -0.05) is 43.7 Å². The highest BCUT2D eigenvalue weighted by atomic mass is 19.4. The van der Waals surface area contributed by atoms with Crippen LogP contribution in [0.4, 0.5) is 43.9 Å². The van der Waals surface area contributed by atoms with Gasteiger partial charge in [0.25, 0.3) is 0 Å². The standard InChI is InChI=1S/C33H26F10O/c1-2-3-4-5-19-8-13-25(28(36)15-19)33(42,43)44-23-11-10-21(26(34)18-23)9-6-20-7-12-24(27(35)14-20)22-16-29(37)31(30(38)17-22)32(39,40)41/h7-8,11,13-18,21,24H,2-5,10,12H2,1H3. The van der Waals surface area contributed by atoms with E-state index in [9.17, 15) is 43.9 Å². The van der Waals surface area contributed by atoms with Gasteiger partial charge < -0.3 is 4.74 Å². The first-order valence-corrected chi connectivity index (χ1v) is 13.8. The molecule has 0 N–H and O–H groups in total. The Balaban J connectivity index is 1.40. The van der Waals surface area contributed by atoms with Crippen LogP contribution in [-0.2, 0) is 23.4 Å². The number of halogens is 10. The molecule has 11 heteroatoms. The van der Waals surface area contributed by atoms with Crippen LogP contribution in [0.5, 0.6) is 0 Å². The molecule has 0 aromatic heterocycles. The minimum Gasteiger partial charge on any atom is -0.429 e. The van der Waals surface area contributed by atoms with E-state index >= 15 is 0 Å². The van der Waals surface area contributed by atoms with Crippen molar-refractivity contribution in [2.45, 2.75) is 63.7 Å². The molecule has 4 rings (SSSR count). The normalized spacial score (nSPS) is 18.9. The predicted octanol–water partition coefficient (Wildman–Crippen LogP) is 10.6. The van der Waals surface area contributed by atoms with E-state index in [1.165, 1.54) is 12.1 Å². The van der Waals surface area contributed by atoms with Gasteiger partial charge in [-0.05, 0) is 73.2 Å². The van der Waals surface area contributed by atoms with Crippen LogP contribution in [-0.4, -0.2) is 0 Å². The van der Waals surface area contributed by atoms with Crippen molar-refractivity contribution in [2.24, 2.45) is 5.92 Å². The molecule has 2 aliphatic carbocycles. The van der Waals surface area contributed by atoms with E-state index in [1.807, 2.05) is 6.92 Å². The van der Waals surface area contributed by atoms with E-state index in [4.69, 9.17) is 0 Å². The van der Waals surface area contributed by atoms with Crippen molar-refractivity contribution in [3.63, 3.8) is 0 Å². The van der Waals surface area contributed by atoms with Gasteiger partial charge in [-0.3, -0.25) is 0 Å². The number of unbranched alkanes of at least 4 members (excludes halogenated alkanes) is 2. The number of hydrogen-bond donors (Lipinski definition) is 0. The Bertz CT molecular complexity index is 1560. The molecule has 0 saturated heterocycles. The smallest absolute Gasteiger partial charge is 0.429 e. The maximum absolute atomic E-state index is 14.8. The van der Waals surface area contributed by atoms with Gasteiger partial charge in [0.05, 0.1) is 11.5 Å². The van der Waals surface area contributed by atoms with Crippen molar-refractivity contribution >= 4 is 0 Å². The number of rotatable bonds is 8. The maximum atomic E-state index is 14.8. The molecule has 0 spiro atoms. The summed E-state index contributed by atoms with van der Waals surface area (Å²) in [6.07, 6.45) is -2.40. The van der Waals surface area contributed by atoms with Gasteiger partial charge in [0, 0.05) is 17.6 Å². The van der Waals surface area contributed by atoms with Crippen molar-refractivity contribution in [1.82, 2.24) is 0 Å². The molecule has 0 aliphatic heterocycles. The van der Waals surface area contributed by atoms with Crippen LogP contribution in [0.1, 0.15) is 67.2 Å². The van der Waals surface area contributed by atoms with Crippen LogP contribution in [0.25, 0.3) is 0 Å². The molecule has 0 bridgehead atoms. The summed E-state index contributed by atoms with van der Waals surface area (Å²) in [6.45, 7) is 2.00. The molecular formula is C33H26F10O. The third-order valence-corrected chi connectivity index (χ3v) is 7.17. The van der Waals surface area contributed by atoms with E-state index < -0.39 is 70.1 Å². The fourth-order valence-corrected chi connectivity index (χ4v) is 4.86. The fraction of sp³-hybridized carbons (Fsp3) is 0.333. The number of benzene rings is 2. The van der Waals surface area contributed by atoms with Crippen molar-refractivity contribution < 1.29 is 48.6 Å². The molecule has 234 valence electrons. The highest BCUT2D eigenvalue weighted by molar-refractivity contribution is 5.47. The lowest BCUT2D eigenvalue weighted by Gasteiger charge is -2.22. The van der Waals surface area contributed by atoms with Crippen LogP contribution in [0, 0.1) is 35.2 Å². The predicted molar refractivity (Wildman–Crippen MR) is 144 cm³/mol.